The molecule has 106 valence electrons. The second-order valence-corrected chi connectivity index (χ2v) is 5.02. The number of amides is 1. The second kappa shape index (κ2) is 5.86. The first-order valence-corrected chi connectivity index (χ1v) is 6.34. The Balaban J connectivity index is 2.73. The van der Waals surface area contributed by atoms with Crippen molar-refractivity contribution < 1.29 is 14.7 Å². The summed E-state index contributed by atoms with van der Waals surface area (Å²) in [6.07, 6.45) is 1.08. The summed E-state index contributed by atoms with van der Waals surface area (Å²) in [6, 6.07) is 1.87. The highest BCUT2D eigenvalue weighted by molar-refractivity contribution is 5.86. The van der Waals surface area contributed by atoms with Crippen molar-refractivity contribution >= 4 is 11.9 Å². The van der Waals surface area contributed by atoms with Crippen LogP contribution in [0, 0.1) is 13.8 Å². The van der Waals surface area contributed by atoms with Crippen molar-refractivity contribution in [3.05, 3.63) is 17.5 Å². The molecule has 19 heavy (non-hydrogen) atoms. The smallest absolute Gasteiger partial charge is 0.329 e. The van der Waals surface area contributed by atoms with Crippen molar-refractivity contribution in [2.75, 3.05) is 0 Å². The van der Waals surface area contributed by atoms with Gasteiger partial charge in [-0.3, -0.25) is 9.48 Å². The molecule has 1 rings (SSSR count). The number of nitrogens with zero attached hydrogens (tertiary/aromatic N) is 2. The molecule has 1 heterocycles. The molecule has 1 amide bonds. The van der Waals surface area contributed by atoms with Gasteiger partial charge in [0.15, 0.2) is 0 Å². The van der Waals surface area contributed by atoms with Crippen molar-refractivity contribution in [2.45, 2.75) is 52.6 Å². The Morgan fingerprint density at radius 2 is 2.11 bits per heavy atom. The molecule has 0 bridgehead atoms. The summed E-state index contributed by atoms with van der Waals surface area (Å²) in [5.41, 5.74) is 0.488. The van der Waals surface area contributed by atoms with Gasteiger partial charge in [-0.2, -0.15) is 5.10 Å². The Labute approximate surface area is 112 Å². The van der Waals surface area contributed by atoms with E-state index in [1.807, 2.05) is 26.8 Å². The van der Waals surface area contributed by atoms with Crippen LogP contribution in [0.5, 0.6) is 0 Å². The number of carboxylic acids is 1. The van der Waals surface area contributed by atoms with Gasteiger partial charge in [0.1, 0.15) is 12.1 Å². The third-order valence-corrected chi connectivity index (χ3v) is 3.03. The van der Waals surface area contributed by atoms with E-state index in [0.29, 0.717) is 12.8 Å². The molecule has 0 saturated carbocycles. The number of hydrogen-bond donors (Lipinski definition) is 2. The number of rotatable bonds is 6. The average molecular weight is 267 g/mol. The highest BCUT2D eigenvalue weighted by Gasteiger charge is 2.33. The van der Waals surface area contributed by atoms with Crippen molar-refractivity contribution in [1.82, 2.24) is 15.1 Å². The number of carbonyl (C=O) groups is 2. The summed E-state index contributed by atoms with van der Waals surface area (Å²) in [7, 11) is 0. The lowest BCUT2D eigenvalue weighted by Crippen LogP contribution is -2.53. The largest absolute Gasteiger partial charge is 0.480 e. The first-order valence-electron chi connectivity index (χ1n) is 6.34. The topological polar surface area (TPSA) is 84.2 Å². The fourth-order valence-corrected chi connectivity index (χ4v) is 2.04. The van der Waals surface area contributed by atoms with Crippen LogP contribution in [0.3, 0.4) is 0 Å². The van der Waals surface area contributed by atoms with Crippen LogP contribution in [0.2, 0.25) is 0 Å². The first-order chi connectivity index (χ1) is 8.78. The van der Waals surface area contributed by atoms with Crippen molar-refractivity contribution in [1.29, 1.82) is 0 Å². The molecule has 0 aliphatic rings. The van der Waals surface area contributed by atoms with Gasteiger partial charge in [0.05, 0.1) is 5.69 Å². The maximum absolute atomic E-state index is 11.9. The molecule has 0 aliphatic heterocycles. The quantitative estimate of drug-likeness (QED) is 0.812. The van der Waals surface area contributed by atoms with Crippen LogP contribution in [0.25, 0.3) is 0 Å². The van der Waals surface area contributed by atoms with E-state index in [0.717, 1.165) is 11.4 Å². The van der Waals surface area contributed by atoms with Gasteiger partial charge in [-0.05, 0) is 33.3 Å². The zero-order chi connectivity index (χ0) is 14.6. The lowest BCUT2D eigenvalue weighted by molar-refractivity contribution is -0.147. The molecular weight excluding hydrogens is 246 g/mol. The van der Waals surface area contributed by atoms with Crippen LogP contribution >= 0.6 is 0 Å². The maximum atomic E-state index is 11.9. The number of carboxylic acid groups (broad SMARTS) is 1. The third-order valence-electron chi connectivity index (χ3n) is 3.03. The van der Waals surface area contributed by atoms with Crippen LogP contribution < -0.4 is 5.32 Å². The molecule has 6 heteroatoms. The van der Waals surface area contributed by atoms with Crippen LogP contribution in [0.15, 0.2) is 6.07 Å². The number of aliphatic carboxylic acids is 1. The minimum atomic E-state index is -1.22. The summed E-state index contributed by atoms with van der Waals surface area (Å²) < 4.78 is 1.57. The van der Waals surface area contributed by atoms with E-state index < -0.39 is 11.5 Å². The molecule has 6 nitrogen and oxygen atoms in total. The number of hydrogen-bond acceptors (Lipinski definition) is 3. The zero-order valence-electron chi connectivity index (χ0n) is 11.9. The SMILES string of the molecule is CCCC(C)(NC(=O)Cn1nc(C)cc1C)C(=O)O. The van der Waals surface area contributed by atoms with E-state index in [9.17, 15) is 14.7 Å². The van der Waals surface area contributed by atoms with Crippen LogP contribution in [0.4, 0.5) is 0 Å². The molecule has 0 fully saturated rings. The molecule has 1 unspecified atom stereocenters. The van der Waals surface area contributed by atoms with Gasteiger partial charge >= 0.3 is 5.97 Å². The van der Waals surface area contributed by atoms with Crippen LogP contribution in [-0.2, 0) is 16.1 Å². The van der Waals surface area contributed by atoms with Crippen molar-refractivity contribution in [3.63, 3.8) is 0 Å². The van der Waals surface area contributed by atoms with E-state index in [-0.39, 0.29) is 12.5 Å². The lowest BCUT2D eigenvalue weighted by atomic mass is 9.96. The number of aromatic nitrogens is 2. The van der Waals surface area contributed by atoms with Gasteiger partial charge in [0.25, 0.3) is 0 Å². The van der Waals surface area contributed by atoms with Crippen molar-refractivity contribution in [3.8, 4) is 0 Å². The molecule has 2 N–H and O–H groups in total. The molecule has 1 aromatic heterocycles. The number of nitrogens with one attached hydrogen (secondary N) is 1. The molecule has 1 atom stereocenters. The van der Waals surface area contributed by atoms with E-state index in [4.69, 9.17) is 0 Å². The molecule has 0 aliphatic carbocycles. The summed E-state index contributed by atoms with van der Waals surface area (Å²) in [5, 5.41) is 16.0. The van der Waals surface area contributed by atoms with Crippen molar-refractivity contribution in [2.24, 2.45) is 0 Å². The van der Waals surface area contributed by atoms with Gasteiger partial charge in [-0.25, -0.2) is 4.79 Å². The van der Waals surface area contributed by atoms with Gasteiger partial charge in [0.2, 0.25) is 5.91 Å². The predicted octanol–water partition coefficient (Wildman–Crippen LogP) is 1.26. The Kier molecular flexibility index (Phi) is 4.69. The summed E-state index contributed by atoms with van der Waals surface area (Å²) in [6.45, 7) is 7.15. The molecule has 0 radical (unpaired) electrons. The standard InChI is InChI=1S/C13H21N3O3/c1-5-6-13(4,12(18)19)14-11(17)8-16-10(3)7-9(2)15-16/h7H,5-6,8H2,1-4H3,(H,14,17)(H,18,19). The normalized spacial score (nSPS) is 13.9. The summed E-state index contributed by atoms with van der Waals surface area (Å²) >= 11 is 0. The summed E-state index contributed by atoms with van der Waals surface area (Å²) in [4.78, 5) is 23.2. The molecule has 0 aromatic carbocycles. The molecule has 0 spiro atoms. The summed E-state index contributed by atoms with van der Waals surface area (Å²) in [5.74, 6) is -1.36. The highest BCUT2D eigenvalue weighted by atomic mass is 16.4. The van der Waals surface area contributed by atoms with E-state index in [1.54, 1.807) is 4.68 Å². The van der Waals surface area contributed by atoms with E-state index >= 15 is 0 Å². The van der Waals surface area contributed by atoms with Gasteiger partial charge in [-0.1, -0.05) is 13.3 Å². The first kappa shape index (κ1) is 15.2. The Morgan fingerprint density at radius 3 is 2.53 bits per heavy atom. The lowest BCUT2D eigenvalue weighted by Gasteiger charge is -2.25. The number of aryl methyl sites for hydroxylation is 2. The number of carbonyl (C=O) groups excluding carboxylic acids is 1. The second-order valence-electron chi connectivity index (χ2n) is 5.02. The minimum Gasteiger partial charge on any atom is -0.480 e. The van der Waals surface area contributed by atoms with E-state index in [1.165, 1.54) is 6.92 Å². The van der Waals surface area contributed by atoms with Gasteiger partial charge < -0.3 is 10.4 Å². The Hall–Kier alpha value is -1.85. The van der Waals surface area contributed by atoms with Crippen LogP contribution in [0.1, 0.15) is 38.1 Å². The highest BCUT2D eigenvalue weighted by Crippen LogP contribution is 2.12. The van der Waals surface area contributed by atoms with E-state index in [2.05, 4.69) is 10.4 Å². The fourth-order valence-electron chi connectivity index (χ4n) is 2.04. The van der Waals surface area contributed by atoms with Gasteiger partial charge in [0, 0.05) is 5.69 Å². The zero-order valence-corrected chi connectivity index (χ0v) is 11.9. The Bertz CT molecular complexity index is 481. The average Bonchev–Trinajstić information content (AvgIpc) is 2.57. The Morgan fingerprint density at radius 1 is 1.47 bits per heavy atom. The fraction of sp³-hybridized carbons (Fsp3) is 0.615. The monoisotopic (exact) mass is 267 g/mol. The maximum Gasteiger partial charge on any atom is 0.329 e. The van der Waals surface area contributed by atoms with Crippen LogP contribution in [-0.4, -0.2) is 32.3 Å². The molecular formula is C13H21N3O3. The third kappa shape index (κ3) is 3.81. The minimum absolute atomic E-state index is 0.0340. The predicted molar refractivity (Wildman–Crippen MR) is 70.8 cm³/mol. The van der Waals surface area contributed by atoms with Gasteiger partial charge in [-0.15, -0.1) is 0 Å². The molecule has 1 aromatic rings. The molecule has 0 saturated heterocycles.